The molecule has 6 nitrogen and oxygen atoms in total. The zero-order valence-corrected chi connectivity index (χ0v) is 16.8. The fourth-order valence-corrected chi connectivity index (χ4v) is 3.71. The Morgan fingerprint density at radius 1 is 1.17 bits per heavy atom. The number of carbonyl (C=O) groups excluding carboxylic acids is 1. The Balaban J connectivity index is 1.91. The first kappa shape index (κ1) is 20.6. The summed E-state index contributed by atoms with van der Waals surface area (Å²) in [5.41, 5.74) is 1.12. The van der Waals surface area contributed by atoms with Gasteiger partial charge in [-0.3, -0.25) is 9.36 Å². The Morgan fingerprint density at radius 3 is 2.59 bits per heavy atom. The molecule has 0 bridgehead atoms. The second-order valence-corrected chi connectivity index (χ2v) is 7.07. The van der Waals surface area contributed by atoms with Gasteiger partial charge in [0, 0.05) is 18.8 Å². The van der Waals surface area contributed by atoms with Crippen molar-refractivity contribution in [2.75, 3.05) is 18.8 Å². The maximum atomic E-state index is 14.4. The lowest BCUT2D eigenvalue weighted by atomic mass is 10.2. The van der Waals surface area contributed by atoms with Gasteiger partial charge in [-0.25, -0.2) is 4.39 Å². The maximum absolute atomic E-state index is 14.4. The first-order chi connectivity index (χ1) is 14.2. The molecule has 0 unspecified atom stereocenters. The van der Waals surface area contributed by atoms with E-state index in [2.05, 4.69) is 16.3 Å². The summed E-state index contributed by atoms with van der Waals surface area (Å²) >= 11 is 1.24. The zero-order valence-electron chi connectivity index (χ0n) is 16.0. The van der Waals surface area contributed by atoms with Gasteiger partial charge in [0.05, 0.1) is 23.8 Å². The molecule has 0 radical (unpaired) electrons. The van der Waals surface area contributed by atoms with Crippen molar-refractivity contribution < 1.29 is 9.18 Å². The highest BCUT2D eigenvalue weighted by Gasteiger charge is 2.20. The van der Waals surface area contributed by atoms with Gasteiger partial charge in [-0.2, -0.15) is 5.26 Å². The standard InChI is InChI=1S/C21H20FN5OS/c1-2-26(14-8-13-23)19(28)15-29-21-25-24-20(17-11-6-7-12-18(17)22)27(21)16-9-4-3-5-10-16/h3-7,9-12H,2,8,14-15H2,1H3. The molecule has 2 aromatic carbocycles. The van der Waals surface area contributed by atoms with Crippen molar-refractivity contribution in [1.82, 2.24) is 19.7 Å². The summed E-state index contributed by atoms with van der Waals surface area (Å²) in [6.07, 6.45) is 0.294. The van der Waals surface area contributed by atoms with Gasteiger partial charge in [-0.1, -0.05) is 42.1 Å². The summed E-state index contributed by atoms with van der Waals surface area (Å²) in [5.74, 6) is 0.0591. The van der Waals surface area contributed by atoms with Crippen LogP contribution in [0, 0.1) is 17.1 Å². The Morgan fingerprint density at radius 2 is 1.90 bits per heavy atom. The van der Waals surface area contributed by atoms with Crippen LogP contribution in [0.1, 0.15) is 13.3 Å². The van der Waals surface area contributed by atoms with Crippen LogP contribution in [0.3, 0.4) is 0 Å². The van der Waals surface area contributed by atoms with Crippen molar-refractivity contribution in [2.45, 2.75) is 18.5 Å². The topological polar surface area (TPSA) is 74.8 Å². The average Bonchev–Trinajstić information content (AvgIpc) is 3.17. The molecule has 0 saturated heterocycles. The van der Waals surface area contributed by atoms with Crippen molar-refractivity contribution in [3.8, 4) is 23.1 Å². The Bertz CT molecular complexity index is 1020. The van der Waals surface area contributed by atoms with Crippen LogP contribution in [0.4, 0.5) is 4.39 Å². The molecule has 1 amide bonds. The molecule has 0 saturated carbocycles. The lowest BCUT2D eigenvalue weighted by molar-refractivity contribution is -0.128. The predicted molar refractivity (Wildman–Crippen MR) is 110 cm³/mol. The van der Waals surface area contributed by atoms with Crippen LogP contribution in [-0.2, 0) is 4.79 Å². The Labute approximate surface area is 173 Å². The molecule has 29 heavy (non-hydrogen) atoms. The third-order valence-corrected chi connectivity index (χ3v) is 5.23. The van der Waals surface area contributed by atoms with Crippen LogP contribution >= 0.6 is 11.8 Å². The number of aromatic nitrogens is 3. The first-order valence-electron chi connectivity index (χ1n) is 9.19. The van der Waals surface area contributed by atoms with E-state index in [0.29, 0.717) is 36.1 Å². The monoisotopic (exact) mass is 409 g/mol. The molecule has 0 aliphatic heterocycles. The van der Waals surface area contributed by atoms with E-state index >= 15 is 0 Å². The maximum Gasteiger partial charge on any atom is 0.233 e. The third kappa shape index (κ3) is 4.81. The minimum Gasteiger partial charge on any atom is -0.341 e. The van der Waals surface area contributed by atoms with E-state index in [-0.39, 0.29) is 11.7 Å². The Kier molecular flexibility index (Phi) is 6.98. The van der Waals surface area contributed by atoms with Crippen molar-refractivity contribution in [1.29, 1.82) is 5.26 Å². The van der Waals surface area contributed by atoms with Gasteiger partial charge in [0.2, 0.25) is 5.91 Å². The van der Waals surface area contributed by atoms with E-state index < -0.39 is 5.82 Å². The minimum absolute atomic E-state index is 0.0807. The quantitative estimate of drug-likeness (QED) is 0.527. The van der Waals surface area contributed by atoms with Crippen molar-refractivity contribution >= 4 is 17.7 Å². The second kappa shape index (κ2) is 9.85. The molecule has 8 heteroatoms. The molecule has 3 aromatic rings. The molecule has 1 aromatic heterocycles. The lowest BCUT2D eigenvalue weighted by Crippen LogP contribution is -2.33. The lowest BCUT2D eigenvalue weighted by Gasteiger charge is -2.19. The molecule has 0 N–H and O–H groups in total. The fourth-order valence-electron chi connectivity index (χ4n) is 2.85. The molecule has 0 spiro atoms. The van der Waals surface area contributed by atoms with E-state index in [4.69, 9.17) is 5.26 Å². The van der Waals surface area contributed by atoms with Crippen molar-refractivity contribution in [2.24, 2.45) is 0 Å². The number of amides is 1. The Hall–Kier alpha value is -3.18. The smallest absolute Gasteiger partial charge is 0.233 e. The number of hydrogen-bond donors (Lipinski definition) is 0. The molecule has 1 heterocycles. The summed E-state index contributed by atoms with van der Waals surface area (Å²) in [5, 5.41) is 17.7. The van der Waals surface area contributed by atoms with E-state index in [9.17, 15) is 9.18 Å². The molecule has 0 fully saturated rings. The molecular weight excluding hydrogens is 389 g/mol. The minimum atomic E-state index is -0.390. The summed E-state index contributed by atoms with van der Waals surface area (Å²) in [7, 11) is 0. The van der Waals surface area contributed by atoms with E-state index in [0.717, 1.165) is 5.69 Å². The fraction of sp³-hybridized carbons (Fsp3) is 0.238. The van der Waals surface area contributed by atoms with Crippen molar-refractivity contribution in [3.63, 3.8) is 0 Å². The van der Waals surface area contributed by atoms with Gasteiger partial charge in [0.25, 0.3) is 0 Å². The number of para-hydroxylation sites is 1. The average molecular weight is 409 g/mol. The summed E-state index contributed by atoms with van der Waals surface area (Å²) in [4.78, 5) is 14.1. The number of nitrogens with zero attached hydrogens (tertiary/aromatic N) is 5. The van der Waals surface area contributed by atoms with Crippen molar-refractivity contribution in [3.05, 3.63) is 60.4 Å². The van der Waals surface area contributed by atoms with Gasteiger partial charge in [0.15, 0.2) is 11.0 Å². The zero-order chi connectivity index (χ0) is 20.6. The van der Waals surface area contributed by atoms with Crippen LogP contribution in [0.25, 0.3) is 17.1 Å². The van der Waals surface area contributed by atoms with Gasteiger partial charge in [-0.05, 0) is 31.2 Å². The highest BCUT2D eigenvalue weighted by molar-refractivity contribution is 7.99. The number of hydrogen-bond acceptors (Lipinski definition) is 5. The SMILES string of the molecule is CCN(CCC#N)C(=O)CSc1nnc(-c2ccccc2F)n1-c1ccccc1. The summed E-state index contributed by atoms with van der Waals surface area (Å²) in [6.45, 7) is 2.81. The number of nitriles is 1. The van der Waals surface area contributed by atoms with Crippen LogP contribution in [-0.4, -0.2) is 44.4 Å². The third-order valence-electron chi connectivity index (χ3n) is 4.32. The largest absolute Gasteiger partial charge is 0.341 e. The normalized spacial score (nSPS) is 10.5. The van der Waals surface area contributed by atoms with Gasteiger partial charge >= 0.3 is 0 Å². The number of thioether (sulfide) groups is 1. The summed E-state index contributed by atoms with van der Waals surface area (Å²) < 4.78 is 16.1. The molecule has 0 aliphatic carbocycles. The predicted octanol–water partition coefficient (Wildman–Crippen LogP) is 3.93. The van der Waals surface area contributed by atoms with E-state index in [1.54, 1.807) is 27.7 Å². The van der Waals surface area contributed by atoms with Gasteiger partial charge < -0.3 is 4.90 Å². The van der Waals surface area contributed by atoms with Gasteiger partial charge in [0.1, 0.15) is 5.82 Å². The molecule has 148 valence electrons. The van der Waals surface area contributed by atoms with Crippen LogP contribution in [0.2, 0.25) is 0 Å². The number of benzene rings is 2. The van der Waals surface area contributed by atoms with Crippen LogP contribution < -0.4 is 0 Å². The molecule has 0 atom stereocenters. The number of halogens is 1. The summed E-state index contributed by atoms with van der Waals surface area (Å²) in [6, 6.07) is 17.9. The van der Waals surface area contributed by atoms with Crippen LogP contribution in [0.5, 0.6) is 0 Å². The van der Waals surface area contributed by atoms with Gasteiger partial charge in [-0.15, -0.1) is 10.2 Å². The number of carbonyl (C=O) groups is 1. The van der Waals surface area contributed by atoms with E-state index in [1.165, 1.54) is 17.8 Å². The highest BCUT2D eigenvalue weighted by Crippen LogP contribution is 2.29. The van der Waals surface area contributed by atoms with Crippen LogP contribution in [0.15, 0.2) is 59.8 Å². The molecule has 0 aliphatic rings. The highest BCUT2D eigenvalue weighted by atomic mass is 32.2. The number of rotatable bonds is 8. The second-order valence-electron chi connectivity index (χ2n) is 6.13. The first-order valence-corrected chi connectivity index (χ1v) is 10.2. The molecule has 3 rings (SSSR count). The van der Waals surface area contributed by atoms with E-state index in [1.807, 2.05) is 37.3 Å². The molecular formula is C21H20FN5OS.